The SMILES string of the molecule is c1ccc(-c2ccc3sc4ccc(-c5c6ccccc6c(-c6cccc7sc8cccc(-c9c%10ccccc%10c(-c%10ccccc%10)c%10ccccc9%10)c8c67)c6ccccc56)cc4c3c2)cc1. The summed E-state index contributed by atoms with van der Waals surface area (Å²) >= 11 is 3.78. The van der Waals surface area contributed by atoms with Crippen molar-refractivity contribution < 1.29 is 0 Å². The van der Waals surface area contributed by atoms with Gasteiger partial charge in [0.1, 0.15) is 0 Å². The van der Waals surface area contributed by atoms with Crippen LogP contribution in [-0.2, 0) is 0 Å². The average molecular weight is 871 g/mol. The van der Waals surface area contributed by atoms with Crippen molar-refractivity contribution in [2.75, 3.05) is 0 Å². The summed E-state index contributed by atoms with van der Waals surface area (Å²) < 4.78 is 5.22. The molecule has 0 spiro atoms. The minimum Gasteiger partial charge on any atom is -0.135 e. The maximum absolute atomic E-state index is 2.45. The van der Waals surface area contributed by atoms with Crippen LogP contribution in [0.1, 0.15) is 0 Å². The molecule has 2 heterocycles. The van der Waals surface area contributed by atoms with Gasteiger partial charge in [0.05, 0.1) is 0 Å². The Kier molecular flexibility index (Phi) is 8.43. The summed E-state index contributed by atoms with van der Waals surface area (Å²) in [7, 11) is 0. The quantitative estimate of drug-likeness (QED) is 0.151. The Bertz CT molecular complexity index is 4150. The third-order valence-corrected chi connectivity index (χ3v) is 16.1. The van der Waals surface area contributed by atoms with E-state index in [0.717, 1.165) is 0 Å². The lowest BCUT2D eigenvalue weighted by Gasteiger charge is -2.20. The molecular weight excluding hydrogens is 833 g/mol. The molecule has 306 valence electrons. The van der Waals surface area contributed by atoms with Gasteiger partial charge in [0.2, 0.25) is 0 Å². The lowest BCUT2D eigenvalue weighted by Crippen LogP contribution is -1.92. The predicted octanol–water partition coefficient (Wildman–Crippen LogP) is 19.4. The molecule has 0 amide bonds. The van der Waals surface area contributed by atoms with Crippen LogP contribution in [0.4, 0.5) is 0 Å². The highest BCUT2D eigenvalue weighted by Gasteiger charge is 2.24. The van der Waals surface area contributed by atoms with Gasteiger partial charge in [-0.3, -0.25) is 0 Å². The number of fused-ring (bicyclic) bond motifs is 10. The minimum absolute atomic E-state index is 1.24. The van der Waals surface area contributed by atoms with Gasteiger partial charge in [-0.25, -0.2) is 0 Å². The second-order valence-corrected chi connectivity index (χ2v) is 19.6. The van der Waals surface area contributed by atoms with Crippen molar-refractivity contribution in [1.82, 2.24) is 0 Å². The van der Waals surface area contributed by atoms with E-state index in [2.05, 4.69) is 231 Å². The van der Waals surface area contributed by atoms with Crippen molar-refractivity contribution in [3.8, 4) is 55.6 Å². The summed E-state index contributed by atoms with van der Waals surface area (Å²) in [4.78, 5) is 0. The fourth-order valence-electron chi connectivity index (χ4n) is 11.1. The van der Waals surface area contributed by atoms with E-state index < -0.39 is 0 Å². The zero-order valence-electron chi connectivity index (χ0n) is 35.8. The largest absolute Gasteiger partial charge is 0.135 e. The molecule has 0 fully saturated rings. The monoisotopic (exact) mass is 870 g/mol. The highest BCUT2D eigenvalue weighted by atomic mass is 32.1. The molecule has 0 atom stereocenters. The summed E-state index contributed by atoms with van der Waals surface area (Å²) in [6.45, 7) is 0. The van der Waals surface area contributed by atoms with Crippen molar-refractivity contribution in [2.24, 2.45) is 0 Å². The van der Waals surface area contributed by atoms with E-state index in [4.69, 9.17) is 0 Å². The van der Waals surface area contributed by atoms with Crippen LogP contribution in [0, 0.1) is 0 Å². The molecule has 0 radical (unpaired) electrons. The van der Waals surface area contributed by atoms with Crippen LogP contribution in [-0.4, -0.2) is 0 Å². The zero-order valence-corrected chi connectivity index (χ0v) is 37.4. The maximum Gasteiger partial charge on any atom is 0.0361 e. The van der Waals surface area contributed by atoms with Crippen molar-refractivity contribution in [2.45, 2.75) is 0 Å². The number of thiophene rings is 2. The minimum atomic E-state index is 1.24. The van der Waals surface area contributed by atoms with Crippen LogP contribution in [0.5, 0.6) is 0 Å². The molecule has 0 N–H and O–H groups in total. The summed E-state index contributed by atoms with van der Waals surface area (Å²) in [5.41, 5.74) is 12.7. The third-order valence-electron chi connectivity index (χ3n) is 13.9. The molecule has 2 heteroatoms. The normalized spacial score (nSPS) is 11.9. The molecule has 2 aromatic heterocycles. The van der Waals surface area contributed by atoms with Crippen LogP contribution >= 0.6 is 22.7 Å². The van der Waals surface area contributed by atoms with Gasteiger partial charge in [0.15, 0.2) is 0 Å². The molecule has 0 saturated heterocycles. The van der Waals surface area contributed by atoms with Gasteiger partial charge in [0.25, 0.3) is 0 Å². The molecule has 0 aliphatic rings. The lowest BCUT2D eigenvalue weighted by molar-refractivity contribution is 1.66. The number of hydrogen-bond donors (Lipinski definition) is 0. The number of benzene rings is 12. The Morgan fingerprint density at radius 2 is 0.545 bits per heavy atom. The first kappa shape index (κ1) is 37.5. The fourth-order valence-corrected chi connectivity index (χ4v) is 13.3. The highest BCUT2D eigenvalue weighted by molar-refractivity contribution is 7.26. The summed E-state index contributed by atoms with van der Waals surface area (Å²) in [6.07, 6.45) is 0. The van der Waals surface area contributed by atoms with E-state index in [1.54, 1.807) is 0 Å². The number of hydrogen-bond acceptors (Lipinski definition) is 2. The fraction of sp³-hybridized carbons (Fsp3) is 0. The maximum atomic E-state index is 2.45. The second kappa shape index (κ2) is 14.8. The summed E-state index contributed by atoms with van der Waals surface area (Å²) in [5, 5.41) is 15.4. The van der Waals surface area contributed by atoms with E-state index >= 15 is 0 Å². The third kappa shape index (κ3) is 5.62. The lowest BCUT2D eigenvalue weighted by atomic mass is 9.83. The van der Waals surface area contributed by atoms with Gasteiger partial charge >= 0.3 is 0 Å². The highest BCUT2D eigenvalue weighted by Crippen LogP contribution is 2.52. The molecule has 0 unspecified atom stereocenters. The molecular formula is C64H38S2. The first-order valence-electron chi connectivity index (χ1n) is 22.7. The van der Waals surface area contributed by atoms with Crippen molar-refractivity contribution in [3.05, 3.63) is 231 Å². The van der Waals surface area contributed by atoms with Gasteiger partial charge in [-0.2, -0.15) is 0 Å². The van der Waals surface area contributed by atoms with Gasteiger partial charge in [-0.05, 0) is 135 Å². The smallest absolute Gasteiger partial charge is 0.0361 e. The van der Waals surface area contributed by atoms with Gasteiger partial charge in [-0.1, -0.05) is 194 Å². The van der Waals surface area contributed by atoms with Crippen LogP contribution in [0.2, 0.25) is 0 Å². The summed E-state index contributed by atoms with van der Waals surface area (Å²) in [6, 6.07) is 85.9. The molecule has 14 rings (SSSR count). The van der Waals surface area contributed by atoms with E-state index in [0.29, 0.717) is 0 Å². The number of rotatable bonds is 5. The predicted molar refractivity (Wildman–Crippen MR) is 289 cm³/mol. The van der Waals surface area contributed by atoms with E-state index in [1.165, 1.54) is 139 Å². The van der Waals surface area contributed by atoms with Gasteiger partial charge in [0, 0.05) is 40.3 Å². The van der Waals surface area contributed by atoms with Gasteiger partial charge in [-0.15, -0.1) is 22.7 Å². The second-order valence-electron chi connectivity index (χ2n) is 17.4. The topological polar surface area (TPSA) is 0 Å². The molecule has 0 aliphatic carbocycles. The first-order chi connectivity index (χ1) is 32.8. The van der Waals surface area contributed by atoms with Crippen LogP contribution < -0.4 is 0 Å². The van der Waals surface area contributed by atoms with Crippen LogP contribution in [0.3, 0.4) is 0 Å². The van der Waals surface area contributed by atoms with E-state index in [1.807, 2.05) is 22.7 Å². The molecule has 0 saturated carbocycles. The van der Waals surface area contributed by atoms with Gasteiger partial charge < -0.3 is 0 Å². The molecule has 0 aliphatic heterocycles. The summed E-state index contributed by atoms with van der Waals surface area (Å²) in [5.74, 6) is 0. The Balaban J connectivity index is 1.04. The van der Waals surface area contributed by atoms with Crippen LogP contribution in [0.25, 0.3) is 139 Å². The molecule has 12 aromatic carbocycles. The Hall–Kier alpha value is -7.88. The molecule has 0 bridgehead atoms. The van der Waals surface area contributed by atoms with Crippen LogP contribution in [0.15, 0.2) is 231 Å². The Morgan fingerprint density at radius 3 is 1.00 bits per heavy atom. The molecule has 66 heavy (non-hydrogen) atoms. The molecule has 0 nitrogen and oxygen atoms in total. The van der Waals surface area contributed by atoms with E-state index in [-0.39, 0.29) is 0 Å². The van der Waals surface area contributed by atoms with Crippen molar-refractivity contribution >= 4 is 106 Å². The Labute approximate surface area is 389 Å². The standard InChI is InChI=1S/C64H38S2/c1-3-17-39(18-4-1)41-33-35-55-53(37-41)54-38-42(34-36-56(54)65-55)60-45-23-9-13-27-49(45)62(50-28-14-10-24-46(50)60)52-30-16-32-58-64(52)63-51(29-15-31-57(63)66-58)61-47-25-11-7-21-43(47)59(40-19-5-2-6-20-40)44-22-8-12-26-48(44)61/h1-38H. The first-order valence-corrected chi connectivity index (χ1v) is 24.3. The zero-order chi connectivity index (χ0) is 43.3. The average Bonchev–Trinajstić information content (AvgIpc) is 3.96. The molecule has 14 aromatic rings. The van der Waals surface area contributed by atoms with Crippen molar-refractivity contribution in [3.63, 3.8) is 0 Å². The Morgan fingerprint density at radius 1 is 0.197 bits per heavy atom. The van der Waals surface area contributed by atoms with E-state index in [9.17, 15) is 0 Å². The van der Waals surface area contributed by atoms with Crippen molar-refractivity contribution in [1.29, 1.82) is 0 Å².